The van der Waals surface area contributed by atoms with E-state index in [9.17, 15) is 0 Å². The molecule has 1 aromatic heterocycles. The lowest BCUT2D eigenvalue weighted by molar-refractivity contribution is -0.175. The molecule has 0 radical (unpaired) electrons. The van der Waals surface area contributed by atoms with Crippen molar-refractivity contribution in [2.24, 2.45) is 46.3 Å². The lowest BCUT2D eigenvalue weighted by Gasteiger charge is -2.66. The molecule has 2 spiro atoms. The van der Waals surface area contributed by atoms with Crippen LogP contribution in [0.15, 0.2) is 176 Å². The molecule has 0 amide bonds. The molecule has 8 aromatic carbocycles. The van der Waals surface area contributed by atoms with Crippen LogP contribution in [0.25, 0.3) is 66.3 Å². The summed E-state index contributed by atoms with van der Waals surface area (Å²) in [7, 11) is 0. The summed E-state index contributed by atoms with van der Waals surface area (Å²) >= 11 is 0. The van der Waals surface area contributed by atoms with Gasteiger partial charge in [-0.15, -0.1) is 0 Å². The van der Waals surface area contributed by atoms with Gasteiger partial charge in [-0.1, -0.05) is 121 Å². The largest absolute Gasteiger partial charge is 0.375 e. The van der Waals surface area contributed by atoms with Gasteiger partial charge in [0, 0.05) is 44.4 Å². The van der Waals surface area contributed by atoms with Crippen LogP contribution in [0.2, 0.25) is 0 Å². The highest BCUT2D eigenvalue weighted by Gasteiger charge is 2.78. The summed E-state index contributed by atoms with van der Waals surface area (Å²) in [4.78, 5) is 2.63. The van der Waals surface area contributed by atoms with E-state index in [-0.39, 0.29) is 12.3 Å². The maximum absolute atomic E-state index is 2.87. The Morgan fingerprint density at radius 2 is 1.11 bits per heavy atom. The number of anilines is 3. The van der Waals surface area contributed by atoms with Crippen molar-refractivity contribution < 1.29 is 0 Å². The lowest BCUT2D eigenvalue weighted by atomic mass is 9.38. The van der Waals surface area contributed by atoms with Crippen molar-refractivity contribution in [1.29, 1.82) is 0 Å². The van der Waals surface area contributed by atoms with Crippen molar-refractivity contribution in [3.05, 3.63) is 187 Å². The van der Waals surface area contributed by atoms with Crippen LogP contribution >= 0.6 is 0 Å². The van der Waals surface area contributed by atoms with E-state index in [2.05, 4.69) is 185 Å². The van der Waals surface area contributed by atoms with Crippen LogP contribution in [-0.4, -0.2) is 11.3 Å². The number of rotatable bonds is 6. The zero-order valence-electron chi connectivity index (χ0n) is 40.3. The van der Waals surface area contributed by atoms with Gasteiger partial charge in [-0.3, -0.25) is 0 Å². The molecule has 2 aliphatic heterocycles. The first kappa shape index (κ1) is 38.1. The zero-order valence-corrected chi connectivity index (χ0v) is 40.3. The Morgan fingerprint density at radius 1 is 0.451 bits per heavy atom. The summed E-state index contributed by atoms with van der Waals surface area (Å²) in [6.45, 7) is -0.00236. The summed E-state index contributed by atoms with van der Waals surface area (Å²) < 4.78 is 2.87. The minimum Gasteiger partial charge on any atom is -0.375 e. The Balaban J connectivity index is 0.908. The molecule has 2 nitrogen and oxygen atoms in total. The van der Waals surface area contributed by atoms with E-state index in [0.717, 1.165) is 35.5 Å². The smallest absolute Gasteiger partial charge is 0.333 e. The van der Waals surface area contributed by atoms with Crippen LogP contribution in [0.3, 0.4) is 0 Å². The molecule has 9 saturated carbocycles. The number of hydrogen-bond donors (Lipinski definition) is 0. The van der Waals surface area contributed by atoms with Gasteiger partial charge < -0.3 is 9.38 Å². The topological polar surface area (TPSA) is 8.17 Å². The predicted molar refractivity (Wildman–Crippen MR) is 292 cm³/mol. The highest BCUT2D eigenvalue weighted by molar-refractivity contribution is 6.90. The monoisotopic (exact) mass is 910 g/mol. The average Bonchev–Trinajstić information content (AvgIpc) is 4.26. The highest BCUT2D eigenvalue weighted by Crippen LogP contribution is 2.85. The summed E-state index contributed by atoms with van der Waals surface area (Å²) in [5.41, 5.74) is 25.2. The third kappa shape index (κ3) is 4.43. The third-order valence-corrected chi connectivity index (χ3v) is 23.0. The lowest BCUT2D eigenvalue weighted by Crippen LogP contribution is -2.59. The van der Waals surface area contributed by atoms with Crippen molar-refractivity contribution >= 4 is 56.6 Å². The van der Waals surface area contributed by atoms with Gasteiger partial charge in [-0.25, -0.2) is 0 Å². The number of fused-ring (bicyclic) bond motifs is 9. The molecule has 0 N–H and O–H groups in total. The second-order valence-electron chi connectivity index (χ2n) is 25.3. The van der Waals surface area contributed by atoms with E-state index in [4.69, 9.17) is 0 Å². The number of hydrogen-bond acceptors (Lipinski definition) is 1. The molecule has 3 heteroatoms. The molecule has 3 heterocycles. The Hall–Kier alpha value is -6.58. The molecule has 9 aromatic rings. The first-order chi connectivity index (χ1) is 35.0. The number of aromatic nitrogens is 1. The SMILES string of the molecule is c1ccc(-c2ccc(N3c4ccc(-c5ccccc5)cc4B4c5c(cc(-c6ccccc6)cc53)-c3cc(C56CC7CC8CC7(C5)C8C6)cc5c6cc(C78CC9CC%10CC(C7)C%109C8)ccc6n4c35)cc2)cc1. The molecule has 20 rings (SSSR count). The normalized spacial score (nSPS) is 32.7. The number of benzene rings is 8. The summed E-state index contributed by atoms with van der Waals surface area (Å²) in [6.07, 6.45) is 14.5. The molecular weight excluding hydrogens is 856 g/mol. The molecule has 7 unspecified atom stereocenters. The second kappa shape index (κ2) is 12.5. The van der Waals surface area contributed by atoms with E-state index >= 15 is 0 Å². The van der Waals surface area contributed by atoms with Crippen LogP contribution < -0.4 is 15.8 Å². The van der Waals surface area contributed by atoms with Crippen molar-refractivity contribution in [3.8, 4) is 44.5 Å². The van der Waals surface area contributed by atoms with E-state index in [0.29, 0.717) is 16.2 Å². The van der Waals surface area contributed by atoms with Gasteiger partial charge in [0.05, 0.1) is 0 Å². The van der Waals surface area contributed by atoms with E-state index in [1.165, 1.54) is 159 Å². The minimum atomic E-state index is -0.00236. The van der Waals surface area contributed by atoms with E-state index in [1.807, 2.05) is 0 Å². The fourth-order valence-electron chi connectivity index (χ4n) is 20.4. The summed E-state index contributed by atoms with van der Waals surface area (Å²) in [5, 5.41) is 3.02. The molecule has 340 valence electrons. The predicted octanol–water partition coefficient (Wildman–Crippen LogP) is 15.4. The van der Waals surface area contributed by atoms with Crippen LogP contribution in [0.5, 0.6) is 0 Å². The molecular formula is C68H55BN2. The Morgan fingerprint density at radius 3 is 1.82 bits per heavy atom. The number of nitrogens with zero attached hydrogens (tertiary/aromatic N) is 2. The first-order valence-corrected chi connectivity index (χ1v) is 27.5. The molecule has 5 bridgehead atoms. The maximum Gasteiger partial charge on any atom is 0.333 e. The van der Waals surface area contributed by atoms with Crippen LogP contribution in [-0.2, 0) is 10.8 Å². The van der Waals surface area contributed by atoms with Gasteiger partial charge >= 0.3 is 6.85 Å². The van der Waals surface area contributed by atoms with Gasteiger partial charge in [0.15, 0.2) is 0 Å². The van der Waals surface area contributed by atoms with Gasteiger partial charge in [0.25, 0.3) is 0 Å². The molecule has 9 fully saturated rings. The quantitative estimate of drug-likeness (QED) is 0.151. The molecule has 7 atom stereocenters. The Bertz CT molecular complexity index is 3820. The summed E-state index contributed by atoms with van der Waals surface area (Å²) in [6, 6.07) is 68.9. The van der Waals surface area contributed by atoms with E-state index < -0.39 is 0 Å². The van der Waals surface area contributed by atoms with Crippen molar-refractivity contribution in [2.45, 2.75) is 75.0 Å². The molecule has 0 saturated heterocycles. The highest BCUT2D eigenvalue weighted by atomic mass is 15.2. The Kier molecular flexibility index (Phi) is 6.73. The molecule has 11 aliphatic rings. The zero-order chi connectivity index (χ0) is 45.7. The van der Waals surface area contributed by atoms with Gasteiger partial charge in [-0.2, -0.15) is 0 Å². The van der Waals surface area contributed by atoms with Crippen LogP contribution in [0, 0.1) is 46.3 Å². The van der Waals surface area contributed by atoms with Crippen molar-refractivity contribution in [1.82, 2.24) is 4.48 Å². The Labute approximate surface area is 416 Å². The van der Waals surface area contributed by atoms with Gasteiger partial charge in [0.2, 0.25) is 0 Å². The van der Waals surface area contributed by atoms with E-state index in [1.54, 1.807) is 11.1 Å². The van der Waals surface area contributed by atoms with Crippen molar-refractivity contribution in [3.63, 3.8) is 0 Å². The van der Waals surface area contributed by atoms with Crippen LogP contribution in [0.1, 0.15) is 75.3 Å². The van der Waals surface area contributed by atoms with Crippen LogP contribution in [0.4, 0.5) is 17.1 Å². The minimum absolute atomic E-state index is 0.00236. The van der Waals surface area contributed by atoms with Crippen molar-refractivity contribution in [2.75, 3.05) is 4.90 Å². The van der Waals surface area contributed by atoms with Gasteiger partial charge in [-0.05, 0) is 237 Å². The fraction of sp³-hybridized carbons (Fsp3) is 0.294. The first-order valence-electron chi connectivity index (χ1n) is 27.5. The molecule has 9 aliphatic carbocycles. The fourth-order valence-corrected chi connectivity index (χ4v) is 20.4. The maximum atomic E-state index is 2.87. The third-order valence-electron chi connectivity index (χ3n) is 23.0. The average molecular weight is 911 g/mol. The van der Waals surface area contributed by atoms with Gasteiger partial charge in [0.1, 0.15) is 0 Å². The molecule has 71 heavy (non-hydrogen) atoms. The standard InChI is InChI=1S/C68H55BN2/c1-4-10-40(11-5-1)43-16-20-53(21-17-43)70-61-22-18-44(41-12-6-2-7-13-41)26-59(61)69-63-55(25-45(27-62(63)70)42-14-8-3-9-15-42)57-32-48(66-34-50-24-46-33-67(50,38-66)58(46)37-66)31-56-54-30-47(19-23-60(54)71(69)64(56)57)65-35-51-28-49-29-52(36-65)68(49,51)39-65/h1-23,25-27,30-32,46,49-52,58H,24,28-29,33-39H2. The second-order valence-corrected chi connectivity index (χ2v) is 25.3. The summed E-state index contributed by atoms with van der Waals surface area (Å²) in [5.74, 6) is 5.83.